The third kappa shape index (κ3) is 4.74. The number of rotatable bonds is 7. The third-order valence-corrected chi connectivity index (χ3v) is 7.65. The summed E-state index contributed by atoms with van der Waals surface area (Å²) in [4.78, 5) is 12.1. The highest BCUT2D eigenvalue weighted by Crippen LogP contribution is 2.36. The van der Waals surface area contributed by atoms with Gasteiger partial charge in [0, 0.05) is 44.1 Å². The zero-order valence-corrected chi connectivity index (χ0v) is 20.3. The van der Waals surface area contributed by atoms with Crippen LogP contribution in [0.5, 0.6) is 11.5 Å². The molecule has 0 bridgehead atoms. The Morgan fingerprint density at radius 1 is 0.939 bits per heavy atom. The maximum Gasteiger partial charge on any atom is 0.243 e. The van der Waals surface area contributed by atoms with Gasteiger partial charge in [0.05, 0.1) is 24.6 Å². The second-order valence-corrected chi connectivity index (χ2v) is 10.4. The minimum Gasteiger partial charge on any atom is -0.493 e. The molecular weight excluding hydrogens is 440 g/mol. The van der Waals surface area contributed by atoms with E-state index >= 15 is 0 Å². The van der Waals surface area contributed by atoms with Crippen LogP contribution in [-0.2, 0) is 16.4 Å². The molecule has 1 aliphatic heterocycles. The Hall–Kier alpha value is -2.91. The van der Waals surface area contributed by atoms with Crippen molar-refractivity contribution in [3.8, 4) is 11.5 Å². The van der Waals surface area contributed by atoms with Gasteiger partial charge in [-0.15, -0.1) is 0 Å². The summed E-state index contributed by atoms with van der Waals surface area (Å²) in [5.41, 5.74) is 0.785. The van der Waals surface area contributed by atoms with Gasteiger partial charge in [0.25, 0.3) is 0 Å². The SMILES string of the molecule is COc1cc2nc(CC(C)C)nc(N3CCN(S(=O)(=O)c4ccccc4)CC3)c2cc1OC. The number of nitrogens with zero attached hydrogens (tertiary/aromatic N) is 4. The van der Waals surface area contributed by atoms with Crippen molar-refractivity contribution in [2.24, 2.45) is 5.92 Å². The molecule has 1 aliphatic rings. The number of benzene rings is 2. The Labute approximate surface area is 195 Å². The molecule has 1 aromatic heterocycles. The summed E-state index contributed by atoms with van der Waals surface area (Å²) < 4.78 is 38.6. The number of aromatic nitrogens is 2. The van der Waals surface area contributed by atoms with E-state index in [4.69, 9.17) is 19.4 Å². The average Bonchev–Trinajstić information content (AvgIpc) is 2.83. The summed E-state index contributed by atoms with van der Waals surface area (Å²) in [6.07, 6.45) is 0.750. The second-order valence-electron chi connectivity index (χ2n) is 8.49. The molecule has 176 valence electrons. The Morgan fingerprint density at radius 3 is 2.18 bits per heavy atom. The molecule has 1 fully saturated rings. The standard InChI is InChI=1S/C24H30N4O4S/c1-17(2)14-23-25-20-16-22(32-4)21(31-3)15-19(20)24(26-23)27-10-12-28(13-11-27)33(29,30)18-8-6-5-7-9-18/h5-9,15-17H,10-14H2,1-4H3. The number of methoxy groups -OCH3 is 2. The first-order valence-electron chi connectivity index (χ1n) is 11.1. The predicted octanol–water partition coefficient (Wildman–Crippen LogP) is 3.36. The van der Waals surface area contributed by atoms with Crippen molar-refractivity contribution in [3.63, 3.8) is 0 Å². The fraction of sp³-hybridized carbons (Fsp3) is 0.417. The van der Waals surface area contributed by atoms with E-state index in [1.807, 2.05) is 18.2 Å². The Kier molecular flexibility index (Phi) is 6.71. The van der Waals surface area contributed by atoms with Gasteiger partial charge in [-0.3, -0.25) is 0 Å². The lowest BCUT2D eigenvalue weighted by Crippen LogP contribution is -2.49. The van der Waals surface area contributed by atoms with Gasteiger partial charge in [0.2, 0.25) is 10.0 Å². The number of fused-ring (bicyclic) bond motifs is 1. The van der Waals surface area contributed by atoms with Crippen LogP contribution in [0.2, 0.25) is 0 Å². The summed E-state index contributed by atoms with van der Waals surface area (Å²) in [5, 5.41) is 0.861. The first-order chi connectivity index (χ1) is 15.8. The molecule has 2 heterocycles. The molecule has 0 radical (unpaired) electrons. The van der Waals surface area contributed by atoms with Crippen molar-refractivity contribution >= 4 is 26.7 Å². The lowest BCUT2D eigenvalue weighted by molar-refractivity contribution is 0.355. The zero-order valence-electron chi connectivity index (χ0n) is 19.5. The number of ether oxygens (including phenoxy) is 2. The molecule has 0 N–H and O–H groups in total. The minimum absolute atomic E-state index is 0.321. The average molecular weight is 471 g/mol. The second kappa shape index (κ2) is 9.52. The molecule has 0 atom stereocenters. The van der Waals surface area contributed by atoms with Gasteiger partial charge in [-0.25, -0.2) is 18.4 Å². The molecule has 0 spiro atoms. The maximum atomic E-state index is 13.0. The van der Waals surface area contributed by atoms with Gasteiger partial charge in [0.15, 0.2) is 11.5 Å². The van der Waals surface area contributed by atoms with Gasteiger partial charge in [0.1, 0.15) is 11.6 Å². The lowest BCUT2D eigenvalue weighted by atomic mass is 10.1. The van der Waals surface area contributed by atoms with E-state index in [-0.39, 0.29) is 0 Å². The van der Waals surface area contributed by atoms with Crippen molar-refractivity contribution in [1.82, 2.24) is 14.3 Å². The third-order valence-electron chi connectivity index (χ3n) is 5.74. The lowest BCUT2D eigenvalue weighted by Gasteiger charge is -2.35. The number of hydrogen-bond donors (Lipinski definition) is 0. The highest BCUT2D eigenvalue weighted by atomic mass is 32.2. The van der Waals surface area contributed by atoms with Crippen LogP contribution in [0.15, 0.2) is 47.4 Å². The molecule has 0 aliphatic carbocycles. The summed E-state index contributed by atoms with van der Waals surface area (Å²) in [6, 6.07) is 12.3. The summed E-state index contributed by atoms with van der Waals surface area (Å²) >= 11 is 0. The molecule has 4 rings (SSSR count). The van der Waals surface area contributed by atoms with Crippen molar-refractivity contribution in [1.29, 1.82) is 0 Å². The van der Waals surface area contributed by atoms with E-state index in [2.05, 4.69) is 18.7 Å². The van der Waals surface area contributed by atoms with Crippen LogP contribution >= 0.6 is 0 Å². The number of piperazine rings is 1. The van der Waals surface area contributed by atoms with Crippen LogP contribution < -0.4 is 14.4 Å². The normalized spacial score (nSPS) is 15.2. The topological polar surface area (TPSA) is 84.9 Å². The number of hydrogen-bond acceptors (Lipinski definition) is 7. The highest BCUT2D eigenvalue weighted by molar-refractivity contribution is 7.89. The molecule has 33 heavy (non-hydrogen) atoms. The van der Waals surface area contributed by atoms with Crippen LogP contribution in [0.3, 0.4) is 0 Å². The van der Waals surface area contributed by atoms with Crippen LogP contribution in [0.4, 0.5) is 5.82 Å². The molecule has 0 saturated carbocycles. The number of sulfonamides is 1. The van der Waals surface area contributed by atoms with E-state index in [1.165, 1.54) is 0 Å². The molecule has 3 aromatic rings. The zero-order chi connectivity index (χ0) is 23.6. The van der Waals surface area contributed by atoms with Gasteiger partial charge >= 0.3 is 0 Å². The Morgan fingerprint density at radius 2 is 1.58 bits per heavy atom. The van der Waals surface area contributed by atoms with E-state index in [1.54, 1.807) is 42.8 Å². The summed E-state index contributed by atoms with van der Waals surface area (Å²) in [7, 11) is -0.310. The van der Waals surface area contributed by atoms with E-state index in [0.717, 1.165) is 29.0 Å². The van der Waals surface area contributed by atoms with Crippen molar-refractivity contribution in [2.45, 2.75) is 25.2 Å². The largest absolute Gasteiger partial charge is 0.493 e. The molecular formula is C24H30N4O4S. The van der Waals surface area contributed by atoms with Crippen molar-refractivity contribution in [3.05, 3.63) is 48.3 Å². The van der Waals surface area contributed by atoms with E-state index in [0.29, 0.717) is 48.5 Å². The van der Waals surface area contributed by atoms with Gasteiger partial charge in [-0.05, 0) is 24.1 Å². The molecule has 9 heteroatoms. The molecule has 2 aromatic carbocycles. The van der Waals surface area contributed by atoms with Crippen LogP contribution in [0, 0.1) is 5.92 Å². The first kappa shape index (κ1) is 23.3. The fourth-order valence-corrected chi connectivity index (χ4v) is 5.51. The number of anilines is 1. The molecule has 0 amide bonds. The van der Waals surface area contributed by atoms with Gasteiger partial charge in [-0.2, -0.15) is 4.31 Å². The molecule has 1 saturated heterocycles. The van der Waals surface area contributed by atoms with Gasteiger partial charge < -0.3 is 14.4 Å². The fourth-order valence-electron chi connectivity index (χ4n) is 4.07. The van der Waals surface area contributed by atoms with Crippen LogP contribution in [0.1, 0.15) is 19.7 Å². The minimum atomic E-state index is -3.52. The Balaban J connectivity index is 1.67. The molecule has 8 nitrogen and oxygen atoms in total. The van der Waals surface area contributed by atoms with Crippen molar-refractivity contribution in [2.75, 3.05) is 45.3 Å². The van der Waals surface area contributed by atoms with E-state index < -0.39 is 10.0 Å². The molecule has 0 unspecified atom stereocenters. The Bertz CT molecular complexity index is 1220. The summed E-state index contributed by atoms with van der Waals surface area (Å²) in [5.74, 6) is 3.19. The maximum absolute atomic E-state index is 13.0. The quantitative estimate of drug-likeness (QED) is 0.523. The smallest absolute Gasteiger partial charge is 0.243 e. The van der Waals surface area contributed by atoms with Crippen molar-refractivity contribution < 1.29 is 17.9 Å². The first-order valence-corrected chi connectivity index (χ1v) is 12.5. The monoisotopic (exact) mass is 470 g/mol. The summed E-state index contributed by atoms with van der Waals surface area (Å²) in [6.45, 7) is 6.11. The van der Waals surface area contributed by atoms with Crippen LogP contribution in [-0.4, -0.2) is 63.1 Å². The van der Waals surface area contributed by atoms with Gasteiger partial charge in [-0.1, -0.05) is 32.0 Å². The van der Waals surface area contributed by atoms with E-state index in [9.17, 15) is 8.42 Å². The predicted molar refractivity (Wildman–Crippen MR) is 129 cm³/mol. The highest BCUT2D eigenvalue weighted by Gasteiger charge is 2.30. The van der Waals surface area contributed by atoms with Crippen LogP contribution in [0.25, 0.3) is 10.9 Å².